The molecule has 0 heterocycles. The van der Waals surface area contributed by atoms with Crippen LogP contribution >= 0.6 is 0 Å². The van der Waals surface area contributed by atoms with Gasteiger partial charge in [0.2, 0.25) is 0 Å². The van der Waals surface area contributed by atoms with E-state index in [1.807, 2.05) is 0 Å². The normalized spacial score (nSPS) is 12.5. The Balaban J connectivity index is 7.81. The van der Waals surface area contributed by atoms with E-state index in [-0.39, 0.29) is 10.8 Å². The van der Waals surface area contributed by atoms with Crippen molar-refractivity contribution >= 4 is 5.97 Å². The highest BCUT2D eigenvalue weighted by atomic mass is 16.5. The lowest BCUT2D eigenvalue weighted by Gasteiger charge is -2.55. The first-order valence-electron chi connectivity index (χ1n) is 44.7. The van der Waals surface area contributed by atoms with Crippen LogP contribution in [0, 0.1) is 16.7 Å². The summed E-state index contributed by atoms with van der Waals surface area (Å²) in [6.07, 6.45) is 107. The van der Waals surface area contributed by atoms with Crippen molar-refractivity contribution in [3.63, 3.8) is 0 Å². The van der Waals surface area contributed by atoms with Crippen LogP contribution in [-0.4, -0.2) is 12.6 Å². The minimum absolute atomic E-state index is 0.0117. The molecule has 0 radical (unpaired) electrons. The molecule has 0 bridgehead atoms. The highest BCUT2D eigenvalue weighted by Gasteiger charge is 2.58. The molecule has 0 saturated carbocycles. The average Bonchev–Trinajstić information content (AvgIpc) is 0.745. The summed E-state index contributed by atoms with van der Waals surface area (Å²) in [5.41, 5.74) is -0.373. The highest BCUT2D eigenvalue weighted by Crippen LogP contribution is 2.61. The van der Waals surface area contributed by atoms with Gasteiger partial charge >= 0.3 is 5.97 Å². The van der Waals surface area contributed by atoms with E-state index in [0.29, 0.717) is 18.5 Å². The quantitative estimate of drug-likeness (QED) is 0.0448. The maximum Gasteiger partial charge on any atom is 0.312 e. The van der Waals surface area contributed by atoms with Gasteiger partial charge in [0.05, 0.1) is 12.0 Å². The molecule has 0 aliphatic rings. The van der Waals surface area contributed by atoms with E-state index in [0.717, 1.165) is 19.3 Å². The number of unbranched alkanes of at least 4 members (excludes halogenated alkanes) is 65. The van der Waals surface area contributed by atoms with Crippen molar-refractivity contribution in [2.75, 3.05) is 6.61 Å². The highest BCUT2D eigenvalue weighted by molar-refractivity contribution is 5.78. The molecule has 0 amide bonds. The Morgan fingerprint density at radius 3 is 0.576 bits per heavy atom. The van der Waals surface area contributed by atoms with Gasteiger partial charge in [-0.25, -0.2) is 0 Å². The molecule has 0 rings (SSSR count). The molecular formula is C90H180O2. The average molecular weight is 1290 g/mol. The standard InChI is InChI=1S/C90H180O2/c1-8-15-22-29-36-43-50-51-53-60-67-74-81-87(80-73-66-59-52-44-37-30-23-16-9-2)89(82-75-68-61-54-45-38-31-24-17-10-3,83-76-69-62-55-46-39-32-25-18-11-4)90(84-77-70-63-56-47-40-33-26-19-12-5,85-78-71-64-57-48-41-34-27-20-13-6)88(91)92-86-79-72-65-58-49-42-35-28-21-14-7/h87H,8-86H2,1-7H3. The summed E-state index contributed by atoms with van der Waals surface area (Å²) < 4.78 is 7.20. The Morgan fingerprint density at radius 2 is 0.370 bits per heavy atom. The van der Waals surface area contributed by atoms with Crippen molar-refractivity contribution in [1.82, 2.24) is 0 Å². The second-order valence-corrected chi connectivity index (χ2v) is 31.6. The van der Waals surface area contributed by atoms with Crippen molar-refractivity contribution in [2.45, 2.75) is 549 Å². The predicted octanol–water partition coefficient (Wildman–Crippen LogP) is 33.7. The number of rotatable bonds is 82. The first-order chi connectivity index (χ1) is 45.5. The van der Waals surface area contributed by atoms with E-state index in [1.165, 1.54) is 482 Å². The van der Waals surface area contributed by atoms with Gasteiger partial charge < -0.3 is 4.74 Å². The lowest BCUT2D eigenvalue weighted by Crippen LogP contribution is -2.53. The third-order valence-electron chi connectivity index (χ3n) is 23.0. The van der Waals surface area contributed by atoms with E-state index in [2.05, 4.69) is 48.5 Å². The van der Waals surface area contributed by atoms with Crippen molar-refractivity contribution in [1.29, 1.82) is 0 Å². The summed E-state index contributed by atoms with van der Waals surface area (Å²) in [6.45, 7) is 17.1. The van der Waals surface area contributed by atoms with Crippen LogP contribution in [0.25, 0.3) is 0 Å². The molecule has 0 N–H and O–H groups in total. The predicted molar refractivity (Wildman–Crippen MR) is 419 cm³/mol. The molecule has 2 nitrogen and oxygen atoms in total. The van der Waals surface area contributed by atoms with Crippen LogP contribution in [0.5, 0.6) is 0 Å². The zero-order valence-corrected chi connectivity index (χ0v) is 65.8. The summed E-state index contributed by atoms with van der Waals surface area (Å²) in [5, 5.41) is 0. The SMILES string of the molecule is CCCCCCCCCCCCCCC(CCCCCCCCCCCC)C(CCCCCCCCCCCC)(CCCCCCCCCCCC)C(CCCCCCCCCCCC)(CCCCCCCCCCCC)C(=O)OCCCCCCCCCCCC. The molecule has 0 saturated heterocycles. The molecule has 0 aromatic rings. The Bertz CT molecular complexity index is 1300. The summed E-state index contributed by atoms with van der Waals surface area (Å²) in [4.78, 5) is 16.7. The van der Waals surface area contributed by atoms with Gasteiger partial charge in [0.1, 0.15) is 0 Å². The number of ether oxygens (including phenoxy) is 1. The van der Waals surface area contributed by atoms with Crippen molar-refractivity contribution in [3.8, 4) is 0 Å². The minimum atomic E-state index is -0.384. The second kappa shape index (κ2) is 76.2. The van der Waals surface area contributed by atoms with Crippen LogP contribution in [0.2, 0.25) is 0 Å². The Morgan fingerprint density at radius 1 is 0.207 bits per heavy atom. The van der Waals surface area contributed by atoms with E-state index in [9.17, 15) is 0 Å². The number of carbonyl (C=O) groups excluding carboxylic acids is 1. The van der Waals surface area contributed by atoms with E-state index < -0.39 is 0 Å². The van der Waals surface area contributed by atoms with Gasteiger partial charge in [0.25, 0.3) is 0 Å². The summed E-state index contributed by atoms with van der Waals surface area (Å²) in [5.74, 6) is 0.940. The fourth-order valence-electron chi connectivity index (χ4n) is 16.8. The van der Waals surface area contributed by atoms with Crippen LogP contribution in [0.15, 0.2) is 0 Å². The van der Waals surface area contributed by atoms with Crippen molar-refractivity contribution in [2.24, 2.45) is 16.7 Å². The third-order valence-corrected chi connectivity index (χ3v) is 23.0. The molecule has 92 heavy (non-hydrogen) atoms. The molecule has 2 heteroatoms. The Kier molecular flexibility index (Phi) is 75.8. The molecule has 0 aliphatic heterocycles. The number of hydrogen-bond donors (Lipinski definition) is 0. The largest absolute Gasteiger partial charge is 0.465 e. The van der Waals surface area contributed by atoms with Gasteiger partial charge in [-0.05, 0) is 56.3 Å². The zero-order chi connectivity index (χ0) is 66.7. The monoisotopic (exact) mass is 1290 g/mol. The maximum absolute atomic E-state index is 16.7. The fraction of sp³-hybridized carbons (Fsp3) is 0.989. The van der Waals surface area contributed by atoms with Gasteiger partial charge in [0.15, 0.2) is 0 Å². The molecule has 0 aromatic heterocycles. The fourth-order valence-corrected chi connectivity index (χ4v) is 16.8. The van der Waals surface area contributed by atoms with E-state index in [1.54, 1.807) is 0 Å². The molecule has 0 aliphatic carbocycles. The number of carbonyl (C=O) groups is 1. The Hall–Kier alpha value is -0.530. The molecular weight excluding hydrogens is 1110 g/mol. The molecule has 0 fully saturated rings. The summed E-state index contributed by atoms with van der Waals surface area (Å²) in [7, 11) is 0. The van der Waals surface area contributed by atoms with Gasteiger partial charge in [-0.15, -0.1) is 0 Å². The molecule has 1 unspecified atom stereocenters. The van der Waals surface area contributed by atoms with Crippen LogP contribution in [-0.2, 0) is 9.53 Å². The van der Waals surface area contributed by atoms with Crippen LogP contribution in [0.3, 0.4) is 0 Å². The van der Waals surface area contributed by atoms with E-state index in [4.69, 9.17) is 4.74 Å². The van der Waals surface area contributed by atoms with E-state index >= 15 is 4.79 Å². The first kappa shape index (κ1) is 91.5. The van der Waals surface area contributed by atoms with Gasteiger partial charge in [0, 0.05) is 0 Å². The van der Waals surface area contributed by atoms with Crippen LogP contribution in [0.1, 0.15) is 549 Å². The van der Waals surface area contributed by atoms with Crippen molar-refractivity contribution in [3.05, 3.63) is 0 Å². The second-order valence-electron chi connectivity index (χ2n) is 31.6. The van der Waals surface area contributed by atoms with Gasteiger partial charge in [-0.1, -0.05) is 504 Å². The Labute approximate surface area is 584 Å². The number of esters is 1. The topological polar surface area (TPSA) is 26.3 Å². The molecule has 1 atom stereocenters. The van der Waals surface area contributed by atoms with Gasteiger partial charge in [-0.3, -0.25) is 4.79 Å². The number of hydrogen-bond acceptors (Lipinski definition) is 2. The summed E-state index contributed by atoms with van der Waals surface area (Å²) in [6, 6.07) is 0. The zero-order valence-electron chi connectivity index (χ0n) is 65.8. The smallest absolute Gasteiger partial charge is 0.312 e. The first-order valence-corrected chi connectivity index (χ1v) is 44.7. The third kappa shape index (κ3) is 56.4. The molecule has 0 aromatic carbocycles. The molecule has 0 spiro atoms. The molecule has 552 valence electrons. The van der Waals surface area contributed by atoms with Crippen LogP contribution in [0.4, 0.5) is 0 Å². The van der Waals surface area contributed by atoms with Gasteiger partial charge in [-0.2, -0.15) is 0 Å². The maximum atomic E-state index is 16.7. The minimum Gasteiger partial charge on any atom is -0.465 e. The summed E-state index contributed by atoms with van der Waals surface area (Å²) >= 11 is 0. The van der Waals surface area contributed by atoms with Crippen LogP contribution < -0.4 is 0 Å². The lowest BCUT2D eigenvalue weighted by atomic mass is 9.48. The van der Waals surface area contributed by atoms with Crippen molar-refractivity contribution < 1.29 is 9.53 Å². The lowest BCUT2D eigenvalue weighted by molar-refractivity contribution is -0.177.